The largest absolute Gasteiger partial charge is 0.496 e. The summed E-state index contributed by atoms with van der Waals surface area (Å²) < 4.78 is 29.5. The molecule has 0 bridgehead atoms. The number of hydrogen-bond donors (Lipinski definition) is 1. The zero-order valence-corrected chi connectivity index (χ0v) is 13.5. The number of halogens is 1. The number of alkyl halides is 1. The van der Waals surface area contributed by atoms with Crippen LogP contribution >= 0.6 is 0 Å². The Labute approximate surface area is 131 Å². The average Bonchev–Trinajstić information content (AvgIpc) is 2.59. The van der Waals surface area contributed by atoms with Crippen LogP contribution in [0, 0.1) is 0 Å². The highest BCUT2D eigenvalue weighted by molar-refractivity contribution is 5.52. The summed E-state index contributed by atoms with van der Waals surface area (Å²) >= 11 is 0. The summed E-state index contributed by atoms with van der Waals surface area (Å²) in [6, 6.07) is 3.58. The summed E-state index contributed by atoms with van der Waals surface area (Å²) in [5, 5.41) is 3.32. The second-order valence-electron chi connectivity index (χ2n) is 5.23. The molecule has 0 spiro atoms. The molecule has 1 N–H and O–H groups in total. The Hall–Kier alpha value is -1.53. The first-order chi connectivity index (χ1) is 10.7. The van der Waals surface area contributed by atoms with Crippen molar-refractivity contribution in [1.82, 2.24) is 10.2 Å². The number of rotatable bonds is 7. The molecule has 0 radical (unpaired) electrons. The molecule has 1 heterocycles. The lowest BCUT2D eigenvalue weighted by atomic mass is 9.99. The zero-order valence-electron chi connectivity index (χ0n) is 13.5. The van der Waals surface area contributed by atoms with Crippen LogP contribution in [0.15, 0.2) is 12.1 Å². The number of nitrogens with one attached hydrogen (secondary N) is 1. The van der Waals surface area contributed by atoms with Crippen LogP contribution in [0.3, 0.4) is 0 Å². The van der Waals surface area contributed by atoms with Gasteiger partial charge >= 0.3 is 0 Å². The van der Waals surface area contributed by atoms with E-state index < -0.39 is 0 Å². The molecule has 0 saturated carbocycles. The van der Waals surface area contributed by atoms with E-state index in [-0.39, 0.29) is 12.7 Å². The zero-order chi connectivity index (χ0) is 15.9. The first kappa shape index (κ1) is 16.8. The maximum Gasteiger partial charge on any atom is 0.131 e. The van der Waals surface area contributed by atoms with E-state index in [0.29, 0.717) is 23.7 Å². The number of piperazine rings is 1. The summed E-state index contributed by atoms with van der Waals surface area (Å²) in [5.41, 5.74) is 0.894. The van der Waals surface area contributed by atoms with Gasteiger partial charge in [0.15, 0.2) is 0 Å². The SMILES string of the molecule is COc1cc(OC)c([C@H](CCF)N2CCNCC2)c(OC)c1. The molecule has 1 aromatic rings. The molecule has 2 rings (SSSR count). The van der Waals surface area contributed by atoms with E-state index in [1.165, 1.54) is 0 Å². The van der Waals surface area contributed by atoms with Gasteiger partial charge in [-0.3, -0.25) is 9.29 Å². The highest BCUT2D eigenvalue weighted by atomic mass is 19.1. The summed E-state index contributed by atoms with van der Waals surface area (Å²) in [7, 11) is 4.83. The standard InChI is InChI=1S/C16H25FN2O3/c1-20-12-10-14(21-2)16(15(11-12)22-3)13(4-5-17)19-8-6-18-7-9-19/h10-11,13,18H,4-9H2,1-3H3/t13-/m0/s1. The van der Waals surface area contributed by atoms with Crippen LogP contribution in [-0.2, 0) is 0 Å². The van der Waals surface area contributed by atoms with Crippen molar-refractivity contribution >= 4 is 0 Å². The fourth-order valence-corrected chi connectivity index (χ4v) is 2.97. The van der Waals surface area contributed by atoms with Crippen LogP contribution in [0.2, 0.25) is 0 Å². The van der Waals surface area contributed by atoms with Crippen molar-refractivity contribution in [2.24, 2.45) is 0 Å². The molecule has 0 unspecified atom stereocenters. The van der Waals surface area contributed by atoms with Crippen LogP contribution in [-0.4, -0.2) is 59.1 Å². The third-order valence-corrected chi connectivity index (χ3v) is 4.06. The van der Waals surface area contributed by atoms with E-state index in [9.17, 15) is 4.39 Å². The molecular formula is C16H25FN2O3. The molecule has 1 aliphatic rings. The molecule has 0 amide bonds. The molecule has 0 aliphatic carbocycles. The third-order valence-electron chi connectivity index (χ3n) is 4.06. The maximum absolute atomic E-state index is 13.2. The monoisotopic (exact) mass is 312 g/mol. The number of benzene rings is 1. The van der Waals surface area contributed by atoms with Crippen molar-refractivity contribution in [3.8, 4) is 17.2 Å². The molecule has 1 atom stereocenters. The van der Waals surface area contributed by atoms with Crippen molar-refractivity contribution in [1.29, 1.82) is 0 Å². The minimum absolute atomic E-state index is 0.0668. The highest BCUT2D eigenvalue weighted by Gasteiger charge is 2.28. The van der Waals surface area contributed by atoms with Gasteiger partial charge in [-0.05, 0) is 6.42 Å². The Kier molecular flexibility index (Phi) is 6.27. The Bertz CT molecular complexity index is 453. The van der Waals surface area contributed by atoms with Gasteiger partial charge in [0, 0.05) is 44.4 Å². The van der Waals surface area contributed by atoms with Gasteiger partial charge in [-0.25, -0.2) is 0 Å². The van der Waals surface area contributed by atoms with Gasteiger partial charge in [-0.2, -0.15) is 0 Å². The van der Waals surface area contributed by atoms with Crippen LogP contribution < -0.4 is 19.5 Å². The van der Waals surface area contributed by atoms with Crippen molar-refractivity contribution in [2.45, 2.75) is 12.5 Å². The molecule has 124 valence electrons. The first-order valence-corrected chi connectivity index (χ1v) is 7.55. The molecule has 6 heteroatoms. The molecule has 1 aromatic carbocycles. The lowest BCUT2D eigenvalue weighted by Crippen LogP contribution is -2.45. The minimum atomic E-state index is -0.382. The van der Waals surface area contributed by atoms with Gasteiger partial charge in [0.2, 0.25) is 0 Å². The van der Waals surface area contributed by atoms with Crippen LogP contribution in [0.25, 0.3) is 0 Å². The van der Waals surface area contributed by atoms with E-state index in [2.05, 4.69) is 10.2 Å². The van der Waals surface area contributed by atoms with Gasteiger partial charge in [0.05, 0.1) is 33.6 Å². The Morgan fingerprint density at radius 3 is 2.14 bits per heavy atom. The second kappa shape index (κ2) is 8.19. The van der Waals surface area contributed by atoms with Crippen LogP contribution in [0.5, 0.6) is 17.2 Å². The topological polar surface area (TPSA) is 43.0 Å². The quantitative estimate of drug-likeness (QED) is 0.834. The summed E-state index contributed by atoms with van der Waals surface area (Å²) in [5.74, 6) is 2.01. The van der Waals surface area contributed by atoms with Crippen LogP contribution in [0.4, 0.5) is 4.39 Å². The third kappa shape index (κ3) is 3.62. The van der Waals surface area contributed by atoms with Crippen molar-refractivity contribution in [3.05, 3.63) is 17.7 Å². The van der Waals surface area contributed by atoms with Crippen molar-refractivity contribution < 1.29 is 18.6 Å². The van der Waals surface area contributed by atoms with Gasteiger partial charge < -0.3 is 19.5 Å². The van der Waals surface area contributed by atoms with E-state index in [1.807, 2.05) is 12.1 Å². The highest BCUT2D eigenvalue weighted by Crippen LogP contribution is 2.42. The fourth-order valence-electron chi connectivity index (χ4n) is 2.97. The maximum atomic E-state index is 13.2. The molecule has 22 heavy (non-hydrogen) atoms. The van der Waals surface area contributed by atoms with E-state index in [4.69, 9.17) is 14.2 Å². The van der Waals surface area contributed by atoms with Crippen molar-refractivity contribution in [3.63, 3.8) is 0 Å². The molecule has 5 nitrogen and oxygen atoms in total. The lowest BCUT2D eigenvalue weighted by Gasteiger charge is -2.36. The number of ether oxygens (including phenoxy) is 3. The van der Waals surface area contributed by atoms with Crippen LogP contribution in [0.1, 0.15) is 18.0 Å². The van der Waals surface area contributed by atoms with E-state index >= 15 is 0 Å². The molecule has 1 fully saturated rings. The average molecular weight is 312 g/mol. The molecule has 0 aromatic heterocycles. The first-order valence-electron chi connectivity index (χ1n) is 7.55. The number of hydrogen-bond acceptors (Lipinski definition) is 5. The predicted octanol–water partition coefficient (Wildman–Crippen LogP) is 2.02. The Morgan fingerprint density at radius 2 is 1.68 bits per heavy atom. The molecule has 1 saturated heterocycles. The summed E-state index contributed by atoms with van der Waals surface area (Å²) in [6.45, 7) is 3.19. The smallest absolute Gasteiger partial charge is 0.131 e. The second-order valence-corrected chi connectivity index (χ2v) is 5.23. The predicted molar refractivity (Wildman–Crippen MR) is 83.9 cm³/mol. The van der Waals surface area contributed by atoms with Gasteiger partial charge in [0.25, 0.3) is 0 Å². The fraction of sp³-hybridized carbons (Fsp3) is 0.625. The Balaban J connectivity index is 2.44. The minimum Gasteiger partial charge on any atom is -0.496 e. The van der Waals surface area contributed by atoms with E-state index in [0.717, 1.165) is 31.7 Å². The van der Waals surface area contributed by atoms with E-state index in [1.54, 1.807) is 21.3 Å². The normalized spacial score (nSPS) is 17.1. The number of nitrogens with zero attached hydrogens (tertiary/aromatic N) is 1. The van der Waals surface area contributed by atoms with Gasteiger partial charge in [0.1, 0.15) is 17.2 Å². The van der Waals surface area contributed by atoms with Gasteiger partial charge in [-0.15, -0.1) is 0 Å². The van der Waals surface area contributed by atoms with Crippen molar-refractivity contribution in [2.75, 3.05) is 54.2 Å². The molecular weight excluding hydrogens is 287 g/mol. The van der Waals surface area contributed by atoms with Gasteiger partial charge in [-0.1, -0.05) is 0 Å². The number of methoxy groups -OCH3 is 3. The summed E-state index contributed by atoms with van der Waals surface area (Å²) in [6.07, 6.45) is 0.416. The lowest BCUT2D eigenvalue weighted by molar-refractivity contribution is 0.152. The summed E-state index contributed by atoms with van der Waals surface area (Å²) in [4.78, 5) is 2.28. The Morgan fingerprint density at radius 1 is 1.09 bits per heavy atom. The molecule has 1 aliphatic heterocycles.